The largest absolute Gasteiger partial charge is 0.505 e. The van der Waals surface area contributed by atoms with Crippen molar-refractivity contribution in [3.8, 4) is 0 Å². The Morgan fingerprint density at radius 2 is 2.00 bits per heavy atom. The molecule has 0 fully saturated rings. The second kappa shape index (κ2) is 4.55. The molecule has 0 aromatic heterocycles. The van der Waals surface area contributed by atoms with Crippen molar-refractivity contribution in [2.45, 2.75) is 12.2 Å². The van der Waals surface area contributed by atoms with Crippen LogP contribution in [-0.2, 0) is 29.0 Å². The van der Waals surface area contributed by atoms with Gasteiger partial charge in [0.1, 0.15) is 6.10 Å². The molecule has 7 heteroatoms. The molecule has 70 valence electrons. The second-order valence-corrected chi connectivity index (χ2v) is 2.31. The first kappa shape index (κ1) is 12.4. The predicted octanol–water partition coefficient (Wildman–Crippen LogP) is -1.41. The summed E-state index contributed by atoms with van der Waals surface area (Å²) < 4.78 is 4.32. The van der Waals surface area contributed by atoms with E-state index in [0.29, 0.717) is 0 Å². The molecule has 0 aromatic carbocycles. The third kappa shape index (κ3) is 2.18. The Balaban J connectivity index is 0.00000144. The first-order valence-corrected chi connectivity index (χ1v) is 3.20. The molecule has 2 atom stereocenters. The zero-order valence-corrected chi connectivity index (χ0v) is 9.64. The predicted molar refractivity (Wildman–Crippen MR) is 35.3 cm³/mol. The first-order valence-electron chi connectivity index (χ1n) is 3.20. The molecule has 0 amide bonds. The van der Waals surface area contributed by atoms with Crippen molar-refractivity contribution < 1.29 is 49.4 Å². The van der Waals surface area contributed by atoms with Gasteiger partial charge in [0.25, 0.3) is 0 Å². The maximum atomic E-state index is 10.5. The molecule has 0 saturated carbocycles. The van der Waals surface area contributed by atoms with Crippen LogP contribution in [0.15, 0.2) is 11.5 Å². The summed E-state index contributed by atoms with van der Waals surface area (Å²) in [4.78, 5) is 10.5. The zero-order chi connectivity index (χ0) is 9.30. The number of carbonyl (C=O) groups is 1. The fourth-order valence-electron chi connectivity index (χ4n) is 0.823. The Bertz CT molecular complexity index is 237. The summed E-state index contributed by atoms with van der Waals surface area (Å²) in [5, 5.41) is 35.0. The van der Waals surface area contributed by atoms with Crippen molar-refractivity contribution >= 4 is 5.97 Å². The van der Waals surface area contributed by atoms with Crippen LogP contribution in [-0.4, -0.2) is 45.2 Å². The fraction of sp³-hybridized carbons (Fsp3) is 0.500. The Morgan fingerprint density at radius 1 is 1.46 bits per heavy atom. The van der Waals surface area contributed by atoms with Gasteiger partial charge in [-0.2, -0.15) is 0 Å². The smallest absolute Gasteiger partial charge is 0.377 e. The molecule has 0 spiro atoms. The summed E-state index contributed by atoms with van der Waals surface area (Å²) >= 11 is 0. The molecule has 0 saturated heterocycles. The van der Waals surface area contributed by atoms with Gasteiger partial charge in [0.15, 0.2) is 11.9 Å². The van der Waals surface area contributed by atoms with Gasteiger partial charge < -0.3 is 25.2 Å². The average Bonchev–Trinajstić information content (AvgIpc) is 2.32. The van der Waals surface area contributed by atoms with Crippen LogP contribution in [0.1, 0.15) is 0 Å². The van der Waals surface area contributed by atoms with Gasteiger partial charge in [-0.15, -0.1) is 0 Å². The van der Waals surface area contributed by atoms with E-state index in [1.807, 2.05) is 0 Å². The molecule has 13 heavy (non-hydrogen) atoms. The van der Waals surface area contributed by atoms with Gasteiger partial charge in [-0.3, -0.25) is 0 Å². The van der Waals surface area contributed by atoms with Gasteiger partial charge in [-0.1, -0.05) is 0 Å². The van der Waals surface area contributed by atoms with Crippen LogP contribution in [0.25, 0.3) is 0 Å². The number of carbonyl (C=O) groups excluding carboxylic acids is 1. The van der Waals surface area contributed by atoms with Crippen LogP contribution in [0.2, 0.25) is 0 Å². The SMILES string of the molecule is O=C1O[C@@H]([C@@H](O)CO)C(O)=C1O.[Zn]. The molecule has 1 heterocycles. The third-order valence-electron chi connectivity index (χ3n) is 1.48. The molecule has 4 N–H and O–H groups in total. The Labute approximate surface area is 86.2 Å². The van der Waals surface area contributed by atoms with Crippen molar-refractivity contribution in [2.75, 3.05) is 6.61 Å². The van der Waals surface area contributed by atoms with E-state index < -0.39 is 36.3 Å². The molecule has 6 nitrogen and oxygen atoms in total. The summed E-state index contributed by atoms with van der Waals surface area (Å²) in [5.74, 6) is -2.78. The molecule has 0 radical (unpaired) electrons. The van der Waals surface area contributed by atoms with Crippen molar-refractivity contribution in [2.24, 2.45) is 0 Å². The number of ether oxygens (including phenoxy) is 1. The number of esters is 1. The Hall–Kier alpha value is -0.647. The number of hydrogen-bond donors (Lipinski definition) is 4. The van der Waals surface area contributed by atoms with E-state index in [0.717, 1.165) is 0 Å². The second-order valence-electron chi connectivity index (χ2n) is 2.31. The number of hydrogen-bond acceptors (Lipinski definition) is 6. The van der Waals surface area contributed by atoms with Gasteiger partial charge in [0.05, 0.1) is 6.61 Å². The van der Waals surface area contributed by atoms with E-state index in [2.05, 4.69) is 4.74 Å². The van der Waals surface area contributed by atoms with Crippen LogP contribution in [0.4, 0.5) is 0 Å². The Morgan fingerprint density at radius 3 is 2.31 bits per heavy atom. The first-order chi connectivity index (χ1) is 5.57. The van der Waals surface area contributed by atoms with Crippen molar-refractivity contribution in [3.63, 3.8) is 0 Å². The minimum absolute atomic E-state index is 0. The maximum absolute atomic E-state index is 10.5. The maximum Gasteiger partial charge on any atom is 0.377 e. The van der Waals surface area contributed by atoms with Crippen molar-refractivity contribution in [1.82, 2.24) is 0 Å². The minimum Gasteiger partial charge on any atom is -0.505 e. The monoisotopic (exact) mass is 240 g/mol. The van der Waals surface area contributed by atoms with Gasteiger partial charge in [-0.25, -0.2) is 4.79 Å². The molecule has 1 rings (SSSR count). The van der Waals surface area contributed by atoms with Gasteiger partial charge in [0, 0.05) is 19.5 Å². The summed E-state index contributed by atoms with van der Waals surface area (Å²) in [6.45, 7) is -0.671. The molecule has 1 aliphatic rings. The van der Waals surface area contributed by atoms with E-state index in [9.17, 15) is 4.79 Å². The standard InChI is InChI=1S/C6H8O6.Zn/c7-1-2(8)5-3(9)4(10)6(11)12-5;/h2,5,7-10H,1H2;/t2-,5-;/m0./s1. The van der Waals surface area contributed by atoms with E-state index in [-0.39, 0.29) is 19.5 Å². The zero-order valence-electron chi connectivity index (χ0n) is 6.67. The quantitative estimate of drug-likeness (QED) is 0.350. The molecular weight excluding hydrogens is 233 g/mol. The summed E-state index contributed by atoms with van der Waals surface area (Å²) in [6.07, 6.45) is -2.78. The number of aliphatic hydroxyl groups is 4. The van der Waals surface area contributed by atoms with E-state index >= 15 is 0 Å². The van der Waals surface area contributed by atoms with E-state index in [1.165, 1.54) is 0 Å². The van der Waals surface area contributed by atoms with Crippen LogP contribution >= 0.6 is 0 Å². The molecule has 1 aliphatic heterocycles. The van der Waals surface area contributed by atoms with Gasteiger partial charge >= 0.3 is 5.97 Å². The van der Waals surface area contributed by atoms with Crippen LogP contribution in [0.5, 0.6) is 0 Å². The van der Waals surface area contributed by atoms with Crippen LogP contribution in [0.3, 0.4) is 0 Å². The number of rotatable bonds is 2. The van der Waals surface area contributed by atoms with Crippen molar-refractivity contribution in [3.05, 3.63) is 11.5 Å². The normalized spacial score (nSPS) is 23.8. The fourth-order valence-corrected chi connectivity index (χ4v) is 0.823. The Kier molecular flexibility index (Phi) is 4.32. The topological polar surface area (TPSA) is 107 Å². The molecule has 0 aromatic rings. The average molecular weight is 242 g/mol. The van der Waals surface area contributed by atoms with Crippen molar-refractivity contribution in [1.29, 1.82) is 0 Å². The molecular formula is C6H8O6Zn. The van der Waals surface area contributed by atoms with E-state index in [4.69, 9.17) is 20.4 Å². The minimum atomic E-state index is -1.42. The summed E-state index contributed by atoms with van der Waals surface area (Å²) in [6, 6.07) is 0. The molecule has 0 aliphatic carbocycles. The van der Waals surface area contributed by atoms with Gasteiger partial charge in [0.2, 0.25) is 5.76 Å². The van der Waals surface area contributed by atoms with Crippen LogP contribution in [0, 0.1) is 0 Å². The third-order valence-corrected chi connectivity index (χ3v) is 1.48. The number of cyclic esters (lactones) is 1. The molecule has 0 bridgehead atoms. The van der Waals surface area contributed by atoms with Gasteiger partial charge in [-0.05, 0) is 0 Å². The summed E-state index contributed by atoms with van der Waals surface area (Å²) in [5.41, 5.74) is 0. The van der Waals surface area contributed by atoms with E-state index in [1.54, 1.807) is 0 Å². The number of aliphatic hydroxyl groups excluding tert-OH is 4. The summed E-state index contributed by atoms with van der Waals surface area (Å²) in [7, 11) is 0. The molecule has 0 unspecified atom stereocenters. The van der Waals surface area contributed by atoms with Crippen LogP contribution < -0.4 is 0 Å².